The third kappa shape index (κ3) is 4.90. The largest absolute Gasteiger partial charge is 0.480 e. The van der Waals surface area contributed by atoms with Gasteiger partial charge in [-0.05, 0) is 23.8 Å². The maximum absolute atomic E-state index is 11.6. The van der Waals surface area contributed by atoms with Crippen LogP contribution in [0.25, 0.3) is 6.08 Å². The maximum Gasteiger partial charge on any atom is 0.328 e. The smallest absolute Gasteiger partial charge is 0.328 e. The van der Waals surface area contributed by atoms with E-state index >= 15 is 0 Å². The molecule has 1 rings (SSSR count). The summed E-state index contributed by atoms with van der Waals surface area (Å²) in [5.41, 5.74) is 0.514. The lowest BCUT2D eigenvalue weighted by molar-refractivity contribution is -0.135. The molecule has 0 aliphatic rings. The fourth-order valence-corrected chi connectivity index (χ4v) is 2.14. The highest BCUT2D eigenvalue weighted by Crippen LogP contribution is 2.11. The third-order valence-electron chi connectivity index (χ3n) is 2.02. The SMILES string of the molecule is O=C(O)C=Cc1ccc(S(=O)(=O)NCC(=O)O)cc1. The van der Waals surface area contributed by atoms with Crippen molar-refractivity contribution < 1.29 is 28.2 Å². The number of carboxylic acids is 2. The second-order valence-corrected chi connectivity index (χ2v) is 5.23. The van der Waals surface area contributed by atoms with Crippen LogP contribution in [0.1, 0.15) is 5.56 Å². The quantitative estimate of drug-likeness (QED) is 0.640. The van der Waals surface area contributed by atoms with Crippen molar-refractivity contribution in [1.29, 1.82) is 0 Å². The highest BCUT2D eigenvalue weighted by molar-refractivity contribution is 7.89. The molecule has 0 amide bonds. The number of rotatable bonds is 6. The summed E-state index contributed by atoms with van der Waals surface area (Å²) in [4.78, 5) is 20.5. The molecular formula is C11H11NO6S. The van der Waals surface area contributed by atoms with E-state index in [1.165, 1.54) is 30.3 Å². The van der Waals surface area contributed by atoms with Crippen LogP contribution in [0.4, 0.5) is 0 Å². The van der Waals surface area contributed by atoms with Crippen LogP contribution in [0.5, 0.6) is 0 Å². The molecule has 0 aliphatic heterocycles. The summed E-state index contributed by atoms with van der Waals surface area (Å²) >= 11 is 0. The lowest BCUT2D eigenvalue weighted by Crippen LogP contribution is -2.29. The molecule has 0 aromatic heterocycles. The van der Waals surface area contributed by atoms with E-state index in [-0.39, 0.29) is 4.90 Å². The number of sulfonamides is 1. The van der Waals surface area contributed by atoms with Crippen molar-refractivity contribution in [3.05, 3.63) is 35.9 Å². The number of hydrogen-bond acceptors (Lipinski definition) is 4. The van der Waals surface area contributed by atoms with E-state index in [1.54, 1.807) is 0 Å². The van der Waals surface area contributed by atoms with E-state index < -0.39 is 28.5 Å². The molecule has 0 bridgehead atoms. The Kier molecular flexibility index (Phi) is 4.79. The van der Waals surface area contributed by atoms with Gasteiger partial charge in [-0.25, -0.2) is 13.2 Å². The lowest BCUT2D eigenvalue weighted by Gasteiger charge is -2.04. The molecule has 0 fully saturated rings. The van der Waals surface area contributed by atoms with Crippen LogP contribution in [0.15, 0.2) is 35.2 Å². The molecule has 0 spiro atoms. The van der Waals surface area contributed by atoms with Crippen LogP contribution in [0.3, 0.4) is 0 Å². The Hall–Kier alpha value is -2.19. The molecule has 0 atom stereocenters. The van der Waals surface area contributed by atoms with Gasteiger partial charge < -0.3 is 10.2 Å². The highest BCUT2D eigenvalue weighted by Gasteiger charge is 2.14. The number of carboxylic acid groups (broad SMARTS) is 2. The van der Waals surface area contributed by atoms with E-state index in [1.807, 2.05) is 4.72 Å². The van der Waals surface area contributed by atoms with E-state index in [4.69, 9.17) is 10.2 Å². The van der Waals surface area contributed by atoms with Crippen LogP contribution in [0, 0.1) is 0 Å². The zero-order chi connectivity index (χ0) is 14.5. The van der Waals surface area contributed by atoms with Gasteiger partial charge in [0.1, 0.15) is 6.54 Å². The summed E-state index contributed by atoms with van der Waals surface area (Å²) in [6.45, 7) is -0.705. The predicted molar refractivity (Wildman–Crippen MR) is 65.9 cm³/mol. The Morgan fingerprint density at radius 2 is 1.74 bits per heavy atom. The first-order valence-corrected chi connectivity index (χ1v) is 6.52. The first kappa shape index (κ1) is 14.9. The highest BCUT2D eigenvalue weighted by atomic mass is 32.2. The maximum atomic E-state index is 11.6. The average Bonchev–Trinajstić information content (AvgIpc) is 2.34. The van der Waals surface area contributed by atoms with E-state index in [9.17, 15) is 18.0 Å². The van der Waals surface area contributed by atoms with Crippen molar-refractivity contribution >= 4 is 28.0 Å². The zero-order valence-electron chi connectivity index (χ0n) is 9.61. The monoisotopic (exact) mass is 285 g/mol. The molecule has 0 radical (unpaired) electrons. The summed E-state index contributed by atoms with van der Waals surface area (Å²) in [6, 6.07) is 5.33. The topological polar surface area (TPSA) is 121 Å². The van der Waals surface area contributed by atoms with E-state index in [0.717, 1.165) is 6.08 Å². The molecule has 1 aromatic carbocycles. The number of benzene rings is 1. The first-order chi connectivity index (χ1) is 8.81. The Labute approximate surface area is 109 Å². The van der Waals surface area contributed by atoms with Crippen molar-refractivity contribution in [2.45, 2.75) is 4.90 Å². The molecule has 7 nitrogen and oxygen atoms in total. The average molecular weight is 285 g/mol. The van der Waals surface area contributed by atoms with Crippen molar-refractivity contribution in [1.82, 2.24) is 4.72 Å². The Bertz CT molecular complexity index is 603. The molecule has 8 heteroatoms. The van der Waals surface area contributed by atoms with Gasteiger partial charge in [-0.3, -0.25) is 4.79 Å². The molecule has 0 aliphatic carbocycles. The fourth-order valence-electron chi connectivity index (χ4n) is 1.17. The van der Waals surface area contributed by atoms with Gasteiger partial charge in [-0.2, -0.15) is 4.72 Å². The van der Waals surface area contributed by atoms with Gasteiger partial charge in [0.15, 0.2) is 0 Å². The summed E-state index contributed by atoms with van der Waals surface area (Å²) < 4.78 is 25.2. The van der Waals surface area contributed by atoms with Gasteiger partial charge in [-0.1, -0.05) is 12.1 Å². The van der Waals surface area contributed by atoms with Gasteiger partial charge in [0, 0.05) is 6.08 Å². The molecule has 0 saturated carbocycles. The Morgan fingerprint density at radius 1 is 1.16 bits per heavy atom. The second kappa shape index (κ2) is 6.12. The minimum atomic E-state index is -3.87. The van der Waals surface area contributed by atoms with Gasteiger partial charge in [-0.15, -0.1) is 0 Å². The molecule has 0 heterocycles. The molecule has 102 valence electrons. The van der Waals surface area contributed by atoms with Crippen molar-refractivity contribution in [2.75, 3.05) is 6.54 Å². The van der Waals surface area contributed by atoms with E-state index in [0.29, 0.717) is 5.56 Å². The Morgan fingerprint density at radius 3 is 2.21 bits per heavy atom. The molecule has 19 heavy (non-hydrogen) atoms. The second-order valence-electron chi connectivity index (χ2n) is 3.46. The zero-order valence-corrected chi connectivity index (χ0v) is 10.4. The van der Waals surface area contributed by atoms with Crippen LogP contribution >= 0.6 is 0 Å². The van der Waals surface area contributed by atoms with Crippen molar-refractivity contribution in [3.8, 4) is 0 Å². The first-order valence-electron chi connectivity index (χ1n) is 5.04. The van der Waals surface area contributed by atoms with Crippen molar-refractivity contribution in [3.63, 3.8) is 0 Å². The number of hydrogen-bond donors (Lipinski definition) is 3. The van der Waals surface area contributed by atoms with Crippen LogP contribution < -0.4 is 4.72 Å². The summed E-state index contributed by atoms with van der Waals surface area (Å²) in [5, 5.41) is 16.8. The molecule has 0 unspecified atom stereocenters. The molecule has 1 aromatic rings. The van der Waals surface area contributed by atoms with Gasteiger partial charge >= 0.3 is 11.9 Å². The fraction of sp³-hybridized carbons (Fsp3) is 0.0909. The van der Waals surface area contributed by atoms with Crippen molar-refractivity contribution in [2.24, 2.45) is 0 Å². The minimum Gasteiger partial charge on any atom is -0.480 e. The van der Waals surface area contributed by atoms with Crippen LogP contribution in [-0.4, -0.2) is 37.1 Å². The summed E-state index contributed by atoms with van der Waals surface area (Å²) in [7, 11) is -3.87. The van der Waals surface area contributed by atoms with E-state index in [2.05, 4.69) is 0 Å². The molecule has 0 saturated heterocycles. The standard InChI is InChI=1S/C11H11NO6S/c13-10(14)6-3-8-1-4-9(5-2-8)19(17,18)12-7-11(15)16/h1-6,12H,7H2,(H,13,14)(H,15,16). The number of aliphatic carboxylic acids is 2. The third-order valence-corrected chi connectivity index (χ3v) is 3.44. The van der Waals surface area contributed by atoms with Crippen LogP contribution in [-0.2, 0) is 19.6 Å². The lowest BCUT2D eigenvalue weighted by atomic mass is 10.2. The molecule has 3 N–H and O–H groups in total. The Balaban J connectivity index is 2.86. The minimum absolute atomic E-state index is 0.0961. The number of carbonyl (C=O) groups is 2. The normalized spacial score (nSPS) is 11.6. The predicted octanol–water partition coefficient (Wildman–Crippen LogP) is 0.147. The van der Waals surface area contributed by atoms with Gasteiger partial charge in [0.25, 0.3) is 0 Å². The van der Waals surface area contributed by atoms with Gasteiger partial charge in [0.05, 0.1) is 4.90 Å². The summed E-state index contributed by atoms with van der Waals surface area (Å²) in [6.07, 6.45) is 2.23. The van der Waals surface area contributed by atoms with Crippen LogP contribution in [0.2, 0.25) is 0 Å². The van der Waals surface area contributed by atoms with Gasteiger partial charge in [0.2, 0.25) is 10.0 Å². The summed E-state index contributed by atoms with van der Waals surface area (Å²) in [5.74, 6) is -2.40. The number of nitrogens with one attached hydrogen (secondary N) is 1. The molecular weight excluding hydrogens is 274 g/mol.